The van der Waals surface area contributed by atoms with Crippen molar-refractivity contribution in [1.82, 2.24) is 4.90 Å². The highest BCUT2D eigenvalue weighted by atomic mass is 19.1. The van der Waals surface area contributed by atoms with Gasteiger partial charge in [-0.25, -0.2) is 13.6 Å². The lowest BCUT2D eigenvalue weighted by atomic mass is 9.75. The Morgan fingerprint density at radius 3 is 2.62 bits per heavy atom. The Bertz CT molecular complexity index is 876. The van der Waals surface area contributed by atoms with Crippen LogP contribution in [-0.4, -0.2) is 36.6 Å². The molecule has 1 fully saturated rings. The van der Waals surface area contributed by atoms with E-state index in [0.29, 0.717) is 31.9 Å². The fourth-order valence-corrected chi connectivity index (χ4v) is 3.74. The van der Waals surface area contributed by atoms with Gasteiger partial charge in [-0.3, -0.25) is 4.79 Å². The number of carbonyl (C=O) groups is 2. The summed E-state index contributed by atoms with van der Waals surface area (Å²) in [5, 5.41) is 2.47. The summed E-state index contributed by atoms with van der Waals surface area (Å²) in [5.74, 6) is -1.91. The molecule has 1 N–H and O–H groups in total. The number of hydrogen-bond acceptors (Lipinski definition) is 3. The first-order valence-corrected chi connectivity index (χ1v) is 9.66. The van der Waals surface area contributed by atoms with E-state index in [4.69, 9.17) is 4.74 Å². The van der Waals surface area contributed by atoms with E-state index in [1.807, 2.05) is 30.3 Å². The van der Waals surface area contributed by atoms with Crippen LogP contribution in [0.3, 0.4) is 0 Å². The third-order valence-electron chi connectivity index (χ3n) is 5.13. The predicted molar refractivity (Wildman–Crippen MR) is 105 cm³/mol. The number of hydrogen-bond donors (Lipinski definition) is 1. The lowest BCUT2D eigenvalue weighted by Crippen LogP contribution is -2.52. The minimum absolute atomic E-state index is 0.105. The topological polar surface area (TPSA) is 58.6 Å². The number of nitrogens with one attached hydrogen (secondary N) is 1. The monoisotopic (exact) mass is 402 g/mol. The van der Waals surface area contributed by atoms with E-state index in [-0.39, 0.29) is 24.8 Å². The summed E-state index contributed by atoms with van der Waals surface area (Å²) in [5.41, 5.74) is 0.00745. The highest BCUT2D eigenvalue weighted by molar-refractivity contribution is 5.90. The molecule has 1 saturated heterocycles. The van der Waals surface area contributed by atoms with Gasteiger partial charge in [0.25, 0.3) is 0 Å². The first-order valence-electron chi connectivity index (χ1n) is 9.66. The van der Waals surface area contributed by atoms with E-state index in [0.717, 1.165) is 11.6 Å². The number of anilines is 1. The van der Waals surface area contributed by atoms with Crippen LogP contribution in [0.5, 0.6) is 0 Å². The molecular formula is C22H24F2N2O3. The van der Waals surface area contributed by atoms with Gasteiger partial charge in [0.15, 0.2) is 0 Å². The quantitative estimate of drug-likeness (QED) is 0.755. The third-order valence-corrected chi connectivity index (χ3v) is 5.13. The van der Waals surface area contributed by atoms with E-state index in [1.165, 1.54) is 11.0 Å². The van der Waals surface area contributed by atoms with Gasteiger partial charge in [-0.1, -0.05) is 30.3 Å². The molecule has 0 spiro atoms. The van der Waals surface area contributed by atoms with Gasteiger partial charge in [0.05, 0.1) is 17.7 Å². The predicted octanol–water partition coefficient (Wildman–Crippen LogP) is 4.38. The van der Waals surface area contributed by atoms with E-state index in [2.05, 4.69) is 5.32 Å². The summed E-state index contributed by atoms with van der Waals surface area (Å²) in [6, 6.07) is 12.0. The number of esters is 1. The molecule has 2 aromatic carbocycles. The Morgan fingerprint density at radius 1 is 1.17 bits per heavy atom. The molecule has 0 aliphatic carbocycles. The lowest BCUT2D eigenvalue weighted by molar-refractivity contribution is -0.158. The van der Waals surface area contributed by atoms with Crippen LogP contribution in [0.25, 0.3) is 0 Å². The number of carbonyl (C=O) groups excluding carboxylic acids is 2. The molecule has 1 heterocycles. The van der Waals surface area contributed by atoms with Crippen LogP contribution in [0.2, 0.25) is 0 Å². The molecule has 1 aliphatic heterocycles. The minimum atomic E-state index is -0.867. The van der Waals surface area contributed by atoms with Crippen LogP contribution in [0.1, 0.15) is 25.3 Å². The molecule has 1 atom stereocenters. The fourth-order valence-electron chi connectivity index (χ4n) is 3.74. The van der Waals surface area contributed by atoms with Crippen LogP contribution in [0.4, 0.5) is 19.3 Å². The highest BCUT2D eigenvalue weighted by Gasteiger charge is 2.44. The fraction of sp³-hybridized carbons (Fsp3) is 0.364. The number of nitrogens with zero attached hydrogens (tertiary/aromatic N) is 1. The SMILES string of the molecule is CCOC(=O)[C@@]1(Cc2ccccc2)CCCN(C(=O)Nc2ccc(F)cc2F)C1. The van der Waals surface area contributed by atoms with Crippen LogP contribution < -0.4 is 5.32 Å². The van der Waals surface area contributed by atoms with Crippen molar-refractivity contribution in [2.24, 2.45) is 5.41 Å². The Labute approximate surface area is 168 Å². The maximum Gasteiger partial charge on any atom is 0.321 e. The van der Waals surface area contributed by atoms with Gasteiger partial charge in [-0.05, 0) is 43.9 Å². The zero-order valence-corrected chi connectivity index (χ0v) is 16.3. The largest absolute Gasteiger partial charge is 0.466 e. The summed E-state index contributed by atoms with van der Waals surface area (Å²) in [7, 11) is 0. The molecule has 154 valence electrons. The third kappa shape index (κ3) is 4.91. The second-order valence-corrected chi connectivity index (χ2v) is 7.24. The first kappa shape index (κ1) is 20.8. The summed E-state index contributed by atoms with van der Waals surface area (Å²) in [4.78, 5) is 27.1. The smallest absolute Gasteiger partial charge is 0.321 e. The zero-order chi connectivity index (χ0) is 20.9. The summed E-state index contributed by atoms with van der Waals surface area (Å²) < 4.78 is 32.3. The molecule has 7 heteroatoms. The molecule has 29 heavy (non-hydrogen) atoms. The number of benzene rings is 2. The van der Waals surface area contributed by atoms with E-state index < -0.39 is 23.1 Å². The number of ether oxygens (including phenoxy) is 1. The number of rotatable bonds is 5. The second-order valence-electron chi connectivity index (χ2n) is 7.24. The number of amides is 2. The van der Waals surface area contributed by atoms with Crippen LogP contribution in [0, 0.1) is 17.0 Å². The molecule has 3 rings (SSSR count). The number of urea groups is 1. The summed E-state index contributed by atoms with van der Waals surface area (Å²) in [6.45, 7) is 2.60. The van der Waals surface area contributed by atoms with Crippen molar-refractivity contribution in [1.29, 1.82) is 0 Å². The van der Waals surface area contributed by atoms with Gasteiger partial charge in [0.1, 0.15) is 11.6 Å². The van der Waals surface area contributed by atoms with E-state index >= 15 is 0 Å². The van der Waals surface area contributed by atoms with Crippen molar-refractivity contribution >= 4 is 17.7 Å². The van der Waals surface area contributed by atoms with Crippen molar-refractivity contribution < 1.29 is 23.1 Å². The van der Waals surface area contributed by atoms with Crippen molar-refractivity contribution in [3.05, 3.63) is 65.7 Å². The molecule has 0 saturated carbocycles. The lowest BCUT2D eigenvalue weighted by Gasteiger charge is -2.41. The molecular weight excluding hydrogens is 378 g/mol. The average Bonchev–Trinajstić information content (AvgIpc) is 2.71. The molecule has 1 aliphatic rings. The highest BCUT2D eigenvalue weighted by Crippen LogP contribution is 2.35. The average molecular weight is 402 g/mol. The van der Waals surface area contributed by atoms with E-state index in [1.54, 1.807) is 6.92 Å². The normalized spacial score (nSPS) is 18.9. The van der Waals surface area contributed by atoms with Gasteiger partial charge >= 0.3 is 12.0 Å². The Balaban J connectivity index is 1.80. The number of halogens is 2. The Morgan fingerprint density at radius 2 is 1.93 bits per heavy atom. The minimum Gasteiger partial charge on any atom is -0.466 e. The van der Waals surface area contributed by atoms with Crippen molar-refractivity contribution in [2.75, 3.05) is 25.0 Å². The van der Waals surface area contributed by atoms with Gasteiger partial charge in [0, 0.05) is 19.2 Å². The molecule has 0 aromatic heterocycles. The standard InChI is InChI=1S/C22H24F2N2O3/c1-2-29-20(27)22(14-16-7-4-3-5-8-16)11-6-12-26(15-22)21(28)25-19-10-9-17(23)13-18(19)24/h3-5,7-10,13H,2,6,11-12,14-15H2,1H3,(H,25,28)/t22-/m1/s1. The summed E-state index contributed by atoms with van der Waals surface area (Å²) in [6.07, 6.45) is 1.65. The van der Waals surface area contributed by atoms with Gasteiger partial charge < -0.3 is 15.0 Å². The molecule has 5 nitrogen and oxygen atoms in total. The Hall–Kier alpha value is -2.96. The zero-order valence-electron chi connectivity index (χ0n) is 16.3. The maximum absolute atomic E-state index is 13.9. The van der Waals surface area contributed by atoms with Crippen LogP contribution in [0.15, 0.2) is 48.5 Å². The first-order chi connectivity index (χ1) is 13.9. The van der Waals surface area contributed by atoms with Crippen molar-refractivity contribution in [2.45, 2.75) is 26.2 Å². The van der Waals surface area contributed by atoms with Gasteiger partial charge in [-0.2, -0.15) is 0 Å². The molecule has 0 unspecified atom stereocenters. The van der Waals surface area contributed by atoms with Gasteiger partial charge in [-0.15, -0.1) is 0 Å². The molecule has 0 radical (unpaired) electrons. The maximum atomic E-state index is 13.9. The van der Waals surface area contributed by atoms with Crippen molar-refractivity contribution in [3.8, 4) is 0 Å². The second kappa shape index (κ2) is 9.03. The van der Waals surface area contributed by atoms with Crippen molar-refractivity contribution in [3.63, 3.8) is 0 Å². The number of likely N-dealkylation sites (tertiary alicyclic amines) is 1. The van der Waals surface area contributed by atoms with E-state index in [9.17, 15) is 18.4 Å². The van der Waals surface area contributed by atoms with Gasteiger partial charge in [0.2, 0.25) is 0 Å². The number of piperidine rings is 1. The summed E-state index contributed by atoms with van der Waals surface area (Å²) >= 11 is 0. The molecule has 0 bridgehead atoms. The Kier molecular flexibility index (Phi) is 6.46. The molecule has 2 amide bonds. The van der Waals surface area contributed by atoms with Crippen LogP contribution in [-0.2, 0) is 16.0 Å². The van der Waals surface area contributed by atoms with Crippen LogP contribution >= 0.6 is 0 Å². The molecule has 2 aromatic rings.